The van der Waals surface area contributed by atoms with Gasteiger partial charge in [-0.3, -0.25) is 4.79 Å². The van der Waals surface area contributed by atoms with Gasteiger partial charge in [0, 0.05) is 25.0 Å². The fraction of sp³-hybridized carbons (Fsp3) is 0.941. The van der Waals surface area contributed by atoms with Gasteiger partial charge in [-0.1, -0.05) is 12.8 Å². The summed E-state index contributed by atoms with van der Waals surface area (Å²) in [6, 6.07) is 0.541. The molecular weight excluding hydrogens is 248 g/mol. The van der Waals surface area contributed by atoms with E-state index in [4.69, 9.17) is 0 Å². The number of hydrogen-bond acceptors (Lipinski definition) is 2. The highest BCUT2D eigenvalue weighted by molar-refractivity contribution is 5.80. The zero-order chi connectivity index (χ0) is 13.8. The molecule has 0 radical (unpaired) electrons. The maximum atomic E-state index is 12.6. The molecular formula is C17H30N2O. The molecule has 0 bridgehead atoms. The van der Waals surface area contributed by atoms with Crippen LogP contribution in [-0.2, 0) is 4.79 Å². The maximum Gasteiger partial charge on any atom is 0.225 e. The lowest BCUT2D eigenvalue weighted by atomic mass is 9.83. The number of hydrogen-bond donors (Lipinski definition) is 0. The van der Waals surface area contributed by atoms with Gasteiger partial charge >= 0.3 is 0 Å². The number of likely N-dealkylation sites (tertiary alicyclic amines) is 2. The normalized spacial score (nSPS) is 29.2. The van der Waals surface area contributed by atoms with Crippen LogP contribution < -0.4 is 0 Å². The fourth-order valence-corrected chi connectivity index (χ4v) is 4.00. The molecule has 3 aliphatic rings. The van der Waals surface area contributed by atoms with Crippen molar-refractivity contribution in [1.29, 1.82) is 0 Å². The summed E-state index contributed by atoms with van der Waals surface area (Å²) in [6.45, 7) is 4.80. The minimum Gasteiger partial charge on any atom is -0.339 e. The van der Waals surface area contributed by atoms with Crippen LogP contribution in [0.2, 0.25) is 0 Å². The first kappa shape index (κ1) is 14.4. The van der Waals surface area contributed by atoms with Crippen molar-refractivity contribution in [1.82, 2.24) is 9.80 Å². The first-order chi connectivity index (χ1) is 9.84. The van der Waals surface area contributed by atoms with Gasteiger partial charge in [-0.05, 0) is 64.5 Å². The Bertz CT molecular complexity index is 321. The zero-order valence-electron chi connectivity index (χ0n) is 12.9. The van der Waals surface area contributed by atoms with Crippen LogP contribution in [0.25, 0.3) is 0 Å². The minimum atomic E-state index is 0.380. The summed E-state index contributed by atoms with van der Waals surface area (Å²) in [4.78, 5) is 17.4. The number of carbonyl (C=O) groups is 1. The number of nitrogens with zero attached hydrogens (tertiary/aromatic N) is 2. The Hall–Kier alpha value is -0.570. The van der Waals surface area contributed by atoms with Gasteiger partial charge in [0.1, 0.15) is 0 Å². The van der Waals surface area contributed by atoms with Crippen LogP contribution in [0.1, 0.15) is 64.2 Å². The smallest absolute Gasteiger partial charge is 0.225 e. The largest absolute Gasteiger partial charge is 0.339 e. The molecule has 0 N–H and O–H groups in total. The molecule has 1 amide bonds. The van der Waals surface area contributed by atoms with Gasteiger partial charge in [-0.25, -0.2) is 0 Å². The van der Waals surface area contributed by atoms with E-state index in [1.54, 1.807) is 0 Å². The zero-order valence-corrected chi connectivity index (χ0v) is 12.9. The summed E-state index contributed by atoms with van der Waals surface area (Å²) < 4.78 is 0. The second-order valence-corrected chi connectivity index (χ2v) is 7.00. The molecule has 0 aromatic heterocycles. The van der Waals surface area contributed by atoms with E-state index >= 15 is 0 Å². The molecule has 3 rings (SSSR count). The lowest BCUT2D eigenvalue weighted by molar-refractivity contribution is -0.142. The Morgan fingerprint density at radius 1 is 0.850 bits per heavy atom. The summed E-state index contributed by atoms with van der Waals surface area (Å²) in [5.74, 6) is 0.866. The topological polar surface area (TPSA) is 23.6 Å². The van der Waals surface area contributed by atoms with E-state index < -0.39 is 0 Å². The third-order valence-electron chi connectivity index (χ3n) is 5.59. The molecule has 3 heteroatoms. The van der Waals surface area contributed by atoms with E-state index in [0.29, 0.717) is 17.9 Å². The highest BCUT2D eigenvalue weighted by atomic mass is 16.2. The Morgan fingerprint density at radius 3 is 2.30 bits per heavy atom. The molecule has 114 valence electrons. The van der Waals surface area contributed by atoms with Crippen LogP contribution in [0, 0.1) is 5.92 Å². The van der Waals surface area contributed by atoms with E-state index in [0.717, 1.165) is 19.4 Å². The van der Waals surface area contributed by atoms with E-state index in [1.807, 2.05) is 0 Å². The maximum absolute atomic E-state index is 12.6. The Labute approximate surface area is 123 Å². The number of amides is 1. The highest BCUT2D eigenvalue weighted by Crippen LogP contribution is 2.31. The second-order valence-electron chi connectivity index (χ2n) is 7.00. The van der Waals surface area contributed by atoms with Crippen molar-refractivity contribution < 1.29 is 4.79 Å². The van der Waals surface area contributed by atoms with E-state index in [2.05, 4.69) is 9.80 Å². The van der Waals surface area contributed by atoms with Gasteiger partial charge in [0.05, 0.1) is 0 Å². The molecule has 0 aromatic carbocycles. The molecule has 1 saturated carbocycles. The third-order valence-corrected chi connectivity index (χ3v) is 5.59. The first-order valence-electron chi connectivity index (χ1n) is 8.87. The van der Waals surface area contributed by atoms with Crippen LogP contribution in [0.4, 0.5) is 0 Å². The monoisotopic (exact) mass is 278 g/mol. The quantitative estimate of drug-likeness (QED) is 0.789. The molecule has 1 unspecified atom stereocenters. The summed E-state index contributed by atoms with van der Waals surface area (Å²) in [5.41, 5.74) is 0. The molecule has 2 heterocycles. The van der Waals surface area contributed by atoms with Crippen molar-refractivity contribution in [3.05, 3.63) is 0 Å². The van der Waals surface area contributed by atoms with Crippen molar-refractivity contribution >= 4 is 5.91 Å². The van der Waals surface area contributed by atoms with Gasteiger partial charge in [-0.2, -0.15) is 0 Å². The van der Waals surface area contributed by atoms with Crippen LogP contribution in [0.3, 0.4) is 0 Å². The van der Waals surface area contributed by atoms with Crippen LogP contribution in [0.5, 0.6) is 0 Å². The average Bonchev–Trinajstić information content (AvgIpc) is 2.45. The molecule has 20 heavy (non-hydrogen) atoms. The van der Waals surface area contributed by atoms with Crippen LogP contribution in [0.15, 0.2) is 0 Å². The van der Waals surface area contributed by atoms with Crippen molar-refractivity contribution in [2.24, 2.45) is 5.92 Å². The molecule has 3 nitrogen and oxygen atoms in total. The Morgan fingerprint density at radius 2 is 1.60 bits per heavy atom. The number of carbonyl (C=O) groups excluding carboxylic acids is 1. The molecule has 0 aromatic rings. The molecule has 0 spiro atoms. The standard InChI is InChI=1S/C17H30N2O/c20-17(15-7-6-8-15)19-13-5-2-9-16(19)10-14-18-11-3-1-4-12-18/h15-16H,1-14H2. The minimum absolute atomic E-state index is 0.380. The van der Waals surface area contributed by atoms with Crippen LogP contribution in [-0.4, -0.2) is 47.9 Å². The summed E-state index contributed by atoms with van der Waals surface area (Å²) >= 11 is 0. The van der Waals surface area contributed by atoms with Crippen molar-refractivity contribution in [3.63, 3.8) is 0 Å². The first-order valence-corrected chi connectivity index (χ1v) is 8.87. The van der Waals surface area contributed by atoms with Crippen molar-refractivity contribution in [2.75, 3.05) is 26.2 Å². The van der Waals surface area contributed by atoms with Crippen molar-refractivity contribution in [2.45, 2.75) is 70.3 Å². The summed E-state index contributed by atoms with van der Waals surface area (Å²) in [6.07, 6.45) is 12.7. The van der Waals surface area contributed by atoms with Gasteiger partial charge in [0.25, 0.3) is 0 Å². The highest BCUT2D eigenvalue weighted by Gasteiger charge is 2.34. The van der Waals surface area contributed by atoms with E-state index in [9.17, 15) is 4.79 Å². The SMILES string of the molecule is O=C(C1CCC1)N1CCCCC1CCN1CCCCC1. The van der Waals surface area contributed by atoms with Gasteiger partial charge in [0.2, 0.25) is 5.91 Å². The number of rotatable bonds is 4. The second kappa shape index (κ2) is 6.93. The van der Waals surface area contributed by atoms with Crippen molar-refractivity contribution in [3.8, 4) is 0 Å². The molecule has 2 aliphatic heterocycles. The van der Waals surface area contributed by atoms with E-state index in [1.165, 1.54) is 71.0 Å². The van der Waals surface area contributed by atoms with Gasteiger partial charge in [0.15, 0.2) is 0 Å². The average molecular weight is 278 g/mol. The van der Waals surface area contributed by atoms with Crippen LogP contribution >= 0.6 is 0 Å². The van der Waals surface area contributed by atoms with Gasteiger partial charge in [-0.15, -0.1) is 0 Å². The molecule has 1 aliphatic carbocycles. The molecule has 3 fully saturated rings. The summed E-state index contributed by atoms with van der Waals surface area (Å²) in [5, 5.41) is 0. The van der Waals surface area contributed by atoms with Gasteiger partial charge < -0.3 is 9.80 Å². The predicted molar refractivity (Wildman–Crippen MR) is 81.6 cm³/mol. The lowest BCUT2D eigenvalue weighted by Gasteiger charge is -2.41. The third kappa shape index (κ3) is 3.36. The molecule has 1 atom stereocenters. The lowest BCUT2D eigenvalue weighted by Crippen LogP contribution is -2.49. The fourth-order valence-electron chi connectivity index (χ4n) is 4.00. The Kier molecular flexibility index (Phi) is 4.98. The summed E-state index contributed by atoms with van der Waals surface area (Å²) in [7, 11) is 0. The van der Waals surface area contributed by atoms with E-state index in [-0.39, 0.29) is 0 Å². The Balaban J connectivity index is 1.50. The molecule has 2 saturated heterocycles. The predicted octanol–water partition coefficient (Wildman–Crippen LogP) is 3.04. The number of piperidine rings is 2.